The Morgan fingerprint density at radius 2 is 2.32 bits per heavy atom. The lowest BCUT2D eigenvalue weighted by Gasteiger charge is -2.31. The summed E-state index contributed by atoms with van der Waals surface area (Å²) in [5.41, 5.74) is 6.24. The number of aromatic nitrogens is 3. The zero-order chi connectivity index (χ0) is 20.9. The van der Waals surface area contributed by atoms with Gasteiger partial charge in [-0.1, -0.05) is 18.7 Å². The molecule has 2 fully saturated rings. The van der Waals surface area contributed by atoms with Crippen LogP contribution in [0.15, 0.2) is 5.16 Å². The molecule has 0 bridgehead atoms. The first-order chi connectivity index (χ1) is 15.2. The van der Waals surface area contributed by atoms with Gasteiger partial charge in [-0.25, -0.2) is 9.99 Å². The summed E-state index contributed by atoms with van der Waals surface area (Å²) >= 11 is 3.31. The van der Waals surface area contributed by atoms with Crippen LogP contribution in [0.2, 0.25) is 0 Å². The van der Waals surface area contributed by atoms with Crippen molar-refractivity contribution < 1.29 is 9.53 Å². The molecule has 4 aliphatic rings. The normalized spacial score (nSPS) is 26.4. The van der Waals surface area contributed by atoms with Gasteiger partial charge in [0, 0.05) is 23.6 Å². The largest absolute Gasteiger partial charge is 0.376 e. The molecule has 1 amide bonds. The van der Waals surface area contributed by atoms with Crippen molar-refractivity contribution in [1.29, 1.82) is 0 Å². The third-order valence-corrected chi connectivity index (χ3v) is 8.75. The summed E-state index contributed by atoms with van der Waals surface area (Å²) in [6.07, 6.45) is 5.85. The van der Waals surface area contributed by atoms with Gasteiger partial charge in [0.2, 0.25) is 11.9 Å². The highest BCUT2D eigenvalue weighted by Gasteiger charge is 2.42. The monoisotopic (exact) mass is 461 g/mol. The van der Waals surface area contributed by atoms with E-state index in [0.29, 0.717) is 24.9 Å². The zero-order valence-electron chi connectivity index (χ0n) is 17.5. The number of hydrazine groups is 1. The van der Waals surface area contributed by atoms with E-state index < -0.39 is 0 Å². The number of nitrogens with zero attached hydrogens (tertiary/aromatic N) is 4. The number of thiophene rings is 1. The number of hydrogen-bond acceptors (Lipinski definition) is 9. The summed E-state index contributed by atoms with van der Waals surface area (Å²) in [7, 11) is 0. The molecular weight excluding hydrogens is 434 g/mol. The Morgan fingerprint density at radius 1 is 1.39 bits per heavy atom. The number of carbonyl (C=O) groups is 1. The van der Waals surface area contributed by atoms with Crippen LogP contribution in [0.4, 0.5) is 5.95 Å². The Labute approximate surface area is 189 Å². The standard InChI is InChI=1S/C20H27N7O2S2/c1-11-4-5-14-13(7-11)16-17-22-10-23-27(17)19-24-25-20(26(19)18(16)31-14)30-9-15(28)21-8-12-3-2-6-29-12/h11-12,17,22-23H,2-10H2,1H3,(H,21,28)/t11-,12-,17?/m1/s1. The third-order valence-electron chi connectivity index (χ3n) is 6.52. The van der Waals surface area contributed by atoms with Crippen LogP contribution in [0, 0.1) is 5.92 Å². The second kappa shape index (κ2) is 8.04. The molecule has 0 radical (unpaired) electrons. The molecule has 6 rings (SSSR count). The lowest BCUT2D eigenvalue weighted by atomic mass is 9.87. The fourth-order valence-corrected chi connectivity index (χ4v) is 7.14. The van der Waals surface area contributed by atoms with E-state index in [1.54, 1.807) is 0 Å². The molecular formula is C20H27N7O2S2. The number of carbonyl (C=O) groups excluding carboxylic acids is 1. The molecule has 0 aromatic carbocycles. The second-order valence-electron chi connectivity index (χ2n) is 8.73. The molecule has 2 saturated heterocycles. The molecule has 166 valence electrons. The average Bonchev–Trinajstić information content (AvgIpc) is 3.55. The summed E-state index contributed by atoms with van der Waals surface area (Å²) in [5.74, 6) is 1.82. The van der Waals surface area contributed by atoms with Gasteiger partial charge in [-0.2, -0.15) is 0 Å². The first kappa shape index (κ1) is 20.0. The topological polar surface area (TPSA) is 96.3 Å². The van der Waals surface area contributed by atoms with E-state index in [-0.39, 0.29) is 18.2 Å². The van der Waals surface area contributed by atoms with Gasteiger partial charge in [0.1, 0.15) is 11.2 Å². The van der Waals surface area contributed by atoms with Crippen molar-refractivity contribution in [1.82, 2.24) is 30.8 Å². The molecule has 1 aliphatic carbocycles. The molecule has 2 aromatic rings. The van der Waals surface area contributed by atoms with Gasteiger partial charge in [0.25, 0.3) is 0 Å². The van der Waals surface area contributed by atoms with Crippen LogP contribution in [0.3, 0.4) is 0 Å². The number of anilines is 1. The highest BCUT2D eigenvalue weighted by atomic mass is 32.2. The average molecular weight is 462 g/mol. The first-order valence-corrected chi connectivity index (χ1v) is 12.9. The molecule has 3 N–H and O–H groups in total. The highest BCUT2D eigenvalue weighted by molar-refractivity contribution is 7.99. The predicted molar refractivity (Wildman–Crippen MR) is 119 cm³/mol. The van der Waals surface area contributed by atoms with E-state index in [1.165, 1.54) is 39.2 Å². The maximum Gasteiger partial charge on any atom is 0.249 e. The minimum absolute atomic E-state index is 0.00650. The van der Waals surface area contributed by atoms with E-state index in [1.807, 2.05) is 11.3 Å². The minimum Gasteiger partial charge on any atom is -0.376 e. The number of rotatable bonds is 5. The lowest BCUT2D eigenvalue weighted by molar-refractivity contribution is -0.119. The maximum absolute atomic E-state index is 12.4. The molecule has 3 atom stereocenters. The maximum atomic E-state index is 12.4. The van der Waals surface area contributed by atoms with Crippen LogP contribution in [-0.2, 0) is 22.4 Å². The van der Waals surface area contributed by atoms with Gasteiger partial charge >= 0.3 is 0 Å². The van der Waals surface area contributed by atoms with Crippen LogP contribution in [0.1, 0.15) is 48.4 Å². The number of thioether (sulfide) groups is 1. The SMILES string of the molecule is C[C@@H]1CCc2sc3c(c2C1)C1NCNN1c1nnc(SCC(=O)NC[C@H]2CCCO2)n1-3. The number of fused-ring (bicyclic) bond motifs is 8. The summed E-state index contributed by atoms with van der Waals surface area (Å²) in [6.45, 7) is 4.43. The molecule has 31 heavy (non-hydrogen) atoms. The minimum atomic E-state index is 0.00650. The molecule has 3 aliphatic heterocycles. The van der Waals surface area contributed by atoms with E-state index in [2.05, 4.69) is 42.8 Å². The Balaban J connectivity index is 1.26. The Bertz CT molecular complexity index is 1000. The van der Waals surface area contributed by atoms with Crippen molar-refractivity contribution in [3.05, 3.63) is 16.0 Å². The fraction of sp³-hybridized carbons (Fsp3) is 0.650. The molecule has 9 nitrogen and oxygen atoms in total. The van der Waals surface area contributed by atoms with Crippen molar-refractivity contribution in [2.75, 3.05) is 30.6 Å². The molecule has 1 unspecified atom stereocenters. The first-order valence-electron chi connectivity index (χ1n) is 11.1. The summed E-state index contributed by atoms with van der Waals surface area (Å²) in [5, 5.41) is 19.6. The molecule has 0 saturated carbocycles. The predicted octanol–water partition coefficient (Wildman–Crippen LogP) is 1.72. The number of ether oxygens (including phenoxy) is 1. The van der Waals surface area contributed by atoms with E-state index in [9.17, 15) is 4.79 Å². The van der Waals surface area contributed by atoms with Crippen LogP contribution < -0.4 is 21.1 Å². The summed E-state index contributed by atoms with van der Waals surface area (Å²) in [6, 6.07) is 0. The van der Waals surface area contributed by atoms with Crippen LogP contribution in [0.5, 0.6) is 0 Å². The second-order valence-corrected chi connectivity index (χ2v) is 10.8. The molecule has 11 heteroatoms. The van der Waals surface area contributed by atoms with Gasteiger partial charge in [0.15, 0.2) is 5.16 Å². The van der Waals surface area contributed by atoms with Crippen LogP contribution >= 0.6 is 23.1 Å². The number of amides is 1. The molecule has 2 aromatic heterocycles. The number of nitrogens with one attached hydrogen (secondary N) is 3. The van der Waals surface area contributed by atoms with Gasteiger partial charge in [-0.15, -0.1) is 21.5 Å². The van der Waals surface area contributed by atoms with E-state index >= 15 is 0 Å². The summed E-state index contributed by atoms with van der Waals surface area (Å²) < 4.78 is 7.73. The van der Waals surface area contributed by atoms with E-state index in [0.717, 1.165) is 43.4 Å². The fourth-order valence-electron chi connectivity index (χ4n) is 4.95. The van der Waals surface area contributed by atoms with Gasteiger partial charge in [-0.3, -0.25) is 15.1 Å². The van der Waals surface area contributed by atoms with Crippen molar-refractivity contribution in [3.63, 3.8) is 0 Å². The lowest BCUT2D eigenvalue weighted by Crippen LogP contribution is -2.39. The molecule has 5 heterocycles. The quantitative estimate of drug-likeness (QED) is 0.580. The Morgan fingerprint density at radius 3 is 3.19 bits per heavy atom. The van der Waals surface area contributed by atoms with Crippen molar-refractivity contribution >= 4 is 35.0 Å². The van der Waals surface area contributed by atoms with Crippen LogP contribution in [0.25, 0.3) is 5.00 Å². The van der Waals surface area contributed by atoms with Gasteiger partial charge < -0.3 is 10.1 Å². The van der Waals surface area contributed by atoms with Crippen LogP contribution in [-0.4, -0.2) is 52.3 Å². The highest BCUT2D eigenvalue weighted by Crippen LogP contribution is 2.48. The summed E-state index contributed by atoms with van der Waals surface area (Å²) in [4.78, 5) is 13.9. The smallest absolute Gasteiger partial charge is 0.249 e. The Kier molecular flexibility index (Phi) is 5.18. The Hall–Kier alpha value is -1.66. The van der Waals surface area contributed by atoms with Gasteiger partial charge in [-0.05, 0) is 43.6 Å². The van der Waals surface area contributed by atoms with Crippen molar-refractivity contribution in [2.24, 2.45) is 5.92 Å². The van der Waals surface area contributed by atoms with Crippen molar-refractivity contribution in [2.45, 2.75) is 56.5 Å². The number of aryl methyl sites for hydroxylation is 1. The molecule has 0 spiro atoms. The van der Waals surface area contributed by atoms with Crippen molar-refractivity contribution in [3.8, 4) is 5.00 Å². The zero-order valence-corrected chi connectivity index (χ0v) is 19.2. The van der Waals surface area contributed by atoms with E-state index in [4.69, 9.17) is 4.74 Å². The third kappa shape index (κ3) is 3.46. The number of hydrogen-bond donors (Lipinski definition) is 3. The van der Waals surface area contributed by atoms with Gasteiger partial charge in [0.05, 0.1) is 18.5 Å².